The molecule has 1 aromatic carbocycles. The lowest BCUT2D eigenvalue weighted by Gasteiger charge is -2.20. The number of rotatable bonds is 5. The van der Waals surface area contributed by atoms with Crippen LogP contribution in [0, 0.1) is 5.92 Å². The Hall–Kier alpha value is -2.04. The molecule has 1 rings (SSSR count). The van der Waals surface area contributed by atoms with E-state index in [1.807, 2.05) is 44.2 Å². The molecule has 5 nitrogen and oxygen atoms in total. The molecule has 0 aliphatic rings. The molecule has 0 radical (unpaired) electrons. The number of primary amides is 1. The van der Waals surface area contributed by atoms with Crippen LogP contribution in [-0.2, 0) is 11.3 Å². The topological polar surface area (TPSA) is 84.2 Å². The van der Waals surface area contributed by atoms with E-state index in [4.69, 9.17) is 5.73 Å². The number of carbonyl (C=O) groups is 2. The Morgan fingerprint density at radius 2 is 1.83 bits per heavy atom. The molecule has 0 saturated heterocycles. The van der Waals surface area contributed by atoms with Gasteiger partial charge in [-0.2, -0.15) is 0 Å². The number of urea groups is 1. The third-order valence-corrected chi connectivity index (χ3v) is 2.56. The minimum atomic E-state index is -0.691. The van der Waals surface area contributed by atoms with Crippen LogP contribution in [0.15, 0.2) is 30.3 Å². The van der Waals surface area contributed by atoms with Gasteiger partial charge in [0.1, 0.15) is 6.04 Å². The van der Waals surface area contributed by atoms with Crippen LogP contribution in [0.25, 0.3) is 0 Å². The van der Waals surface area contributed by atoms with Crippen LogP contribution < -0.4 is 16.4 Å². The van der Waals surface area contributed by atoms with Crippen LogP contribution in [0.2, 0.25) is 0 Å². The summed E-state index contributed by atoms with van der Waals surface area (Å²) in [5, 5.41) is 5.22. The number of nitrogens with one attached hydrogen (secondary N) is 2. The smallest absolute Gasteiger partial charge is 0.312 e. The first kappa shape index (κ1) is 14.0. The maximum atomic E-state index is 11.9. The van der Waals surface area contributed by atoms with Crippen LogP contribution in [0.5, 0.6) is 0 Å². The van der Waals surface area contributed by atoms with Crippen LogP contribution in [0.1, 0.15) is 19.4 Å². The zero-order valence-corrected chi connectivity index (χ0v) is 10.6. The standard InChI is InChI=1S/C13H19N3O2/c1-9(2)11(16-13(14)18)12(17)15-8-10-6-4-3-5-7-10/h3-7,9,11H,8H2,1-2H3,(H,15,17)(H3,14,16,18)/t11-/m0/s1. The van der Waals surface area contributed by atoms with Gasteiger partial charge >= 0.3 is 6.03 Å². The van der Waals surface area contributed by atoms with Crippen molar-refractivity contribution >= 4 is 11.9 Å². The summed E-state index contributed by atoms with van der Waals surface area (Å²) in [4.78, 5) is 22.7. The third kappa shape index (κ3) is 4.45. The minimum Gasteiger partial charge on any atom is -0.352 e. The van der Waals surface area contributed by atoms with Gasteiger partial charge in [0, 0.05) is 6.54 Å². The van der Waals surface area contributed by atoms with Gasteiger partial charge in [-0.05, 0) is 11.5 Å². The molecule has 0 fully saturated rings. The van der Waals surface area contributed by atoms with Crippen molar-refractivity contribution in [3.05, 3.63) is 35.9 Å². The molecule has 0 unspecified atom stereocenters. The number of carbonyl (C=O) groups excluding carboxylic acids is 2. The Balaban J connectivity index is 2.54. The van der Waals surface area contributed by atoms with Crippen LogP contribution in [-0.4, -0.2) is 18.0 Å². The van der Waals surface area contributed by atoms with Gasteiger partial charge in [-0.25, -0.2) is 4.79 Å². The fourth-order valence-electron chi connectivity index (χ4n) is 1.58. The molecule has 1 aromatic rings. The van der Waals surface area contributed by atoms with Crippen molar-refractivity contribution in [3.8, 4) is 0 Å². The lowest BCUT2D eigenvalue weighted by atomic mass is 10.0. The molecular weight excluding hydrogens is 230 g/mol. The number of hydrogen-bond acceptors (Lipinski definition) is 2. The van der Waals surface area contributed by atoms with E-state index in [0.29, 0.717) is 6.54 Å². The van der Waals surface area contributed by atoms with Gasteiger partial charge in [-0.1, -0.05) is 44.2 Å². The highest BCUT2D eigenvalue weighted by molar-refractivity contribution is 5.86. The first-order valence-electron chi connectivity index (χ1n) is 5.88. The Bertz CT molecular complexity index is 404. The number of benzene rings is 1. The normalized spacial score (nSPS) is 11.9. The molecule has 0 spiro atoms. The first-order chi connectivity index (χ1) is 8.50. The largest absolute Gasteiger partial charge is 0.352 e. The maximum Gasteiger partial charge on any atom is 0.312 e. The van der Waals surface area contributed by atoms with Gasteiger partial charge in [0.05, 0.1) is 0 Å². The lowest BCUT2D eigenvalue weighted by molar-refractivity contribution is -0.124. The molecule has 18 heavy (non-hydrogen) atoms. The summed E-state index contributed by atoms with van der Waals surface area (Å²) in [6, 6.07) is 8.27. The Labute approximate surface area is 107 Å². The molecule has 1 atom stereocenters. The molecule has 4 N–H and O–H groups in total. The second kappa shape index (κ2) is 6.64. The van der Waals surface area contributed by atoms with E-state index in [1.54, 1.807) is 0 Å². The van der Waals surface area contributed by atoms with E-state index in [0.717, 1.165) is 5.56 Å². The summed E-state index contributed by atoms with van der Waals surface area (Å²) < 4.78 is 0. The van der Waals surface area contributed by atoms with Gasteiger partial charge < -0.3 is 16.4 Å². The second-order valence-electron chi connectivity index (χ2n) is 4.43. The van der Waals surface area contributed by atoms with Crippen molar-refractivity contribution < 1.29 is 9.59 Å². The molecule has 0 heterocycles. The highest BCUT2D eigenvalue weighted by Crippen LogP contribution is 2.03. The SMILES string of the molecule is CC(C)[C@H](NC(N)=O)C(=O)NCc1ccccc1. The fourth-order valence-corrected chi connectivity index (χ4v) is 1.58. The quantitative estimate of drug-likeness (QED) is 0.727. The van der Waals surface area contributed by atoms with Gasteiger partial charge in [0.2, 0.25) is 5.91 Å². The summed E-state index contributed by atoms with van der Waals surface area (Å²) in [6.07, 6.45) is 0. The Morgan fingerprint density at radius 1 is 1.22 bits per heavy atom. The Morgan fingerprint density at radius 3 is 2.33 bits per heavy atom. The van der Waals surface area contributed by atoms with Crippen molar-refractivity contribution in [2.75, 3.05) is 0 Å². The van der Waals surface area contributed by atoms with E-state index in [9.17, 15) is 9.59 Å². The predicted molar refractivity (Wildman–Crippen MR) is 69.6 cm³/mol. The monoisotopic (exact) mass is 249 g/mol. The third-order valence-electron chi connectivity index (χ3n) is 2.56. The second-order valence-corrected chi connectivity index (χ2v) is 4.43. The van der Waals surface area contributed by atoms with Gasteiger partial charge in [0.25, 0.3) is 0 Å². The molecule has 0 saturated carbocycles. The van der Waals surface area contributed by atoms with Crippen molar-refractivity contribution in [1.29, 1.82) is 0 Å². The minimum absolute atomic E-state index is 0.0201. The van der Waals surface area contributed by atoms with Crippen molar-refractivity contribution in [3.63, 3.8) is 0 Å². The van der Waals surface area contributed by atoms with E-state index in [-0.39, 0.29) is 11.8 Å². The maximum absolute atomic E-state index is 11.9. The molecule has 5 heteroatoms. The average Bonchev–Trinajstić information content (AvgIpc) is 2.34. The summed E-state index contributed by atoms with van der Waals surface area (Å²) in [7, 11) is 0. The molecule has 0 bridgehead atoms. The van der Waals surface area contributed by atoms with E-state index in [1.165, 1.54) is 0 Å². The predicted octanol–water partition coefficient (Wildman–Crippen LogP) is 0.996. The van der Waals surface area contributed by atoms with E-state index < -0.39 is 12.1 Å². The molecule has 0 aliphatic carbocycles. The van der Waals surface area contributed by atoms with E-state index >= 15 is 0 Å². The molecule has 0 aliphatic heterocycles. The zero-order valence-electron chi connectivity index (χ0n) is 10.6. The molecule has 98 valence electrons. The van der Waals surface area contributed by atoms with Crippen LogP contribution >= 0.6 is 0 Å². The van der Waals surface area contributed by atoms with Crippen LogP contribution in [0.3, 0.4) is 0 Å². The highest BCUT2D eigenvalue weighted by Gasteiger charge is 2.22. The van der Waals surface area contributed by atoms with Crippen molar-refractivity contribution in [1.82, 2.24) is 10.6 Å². The number of amides is 3. The molecule has 3 amide bonds. The number of nitrogens with two attached hydrogens (primary N) is 1. The summed E-state index contributed by atoms with van der Waals surface area (Å²) >= 11 is 0. The molecule has 0 aromatic heterocycles. The number of hydrogen-bond donors (Lipinski definition) is 3. The van der Waals surface area contributed by atoms with Crippen molar-refractivity contribution in [2.24, 2.45) is 11.7 Å². The van der Waals surface area contributed by atoms with Gasteiger partial charge in [0.15, 0.2) is 0 Å². The lowest BCUT2D eigenvalue weighted by Crippen LogP contribution is -2.51. The van der Waals surface area contributed by atoms with E-state index in [2.05, 4.69) is 10.6 Å². The van der Waals surface area contributed by atoms with Gasteiger partial charge in [-0.15, -0.1) is 0 Å². The Kier molecular flexibility index (Phi) is 5.17. The van der Waals surface area contributed by atoms with Crippen molar-refractivity contribution in [2.45, 2.75) is 26.4 Å². The summed E-state index contributed by atoms with van der Waals surface area (Å²) in [5.41, 5.74) is 6.05. The average molecular weight is 249 g/mol. The fraction of sp³-hybridized carbons (Fsp3) is 0.385. The summed E-state index contributed by atoms with van der Waals surface area (Å²) in [6.45, 7) is 4.13. The highest BCUT2D eigenvalue weighted by atomic mass is 16.2. The molecular formula is C13H19N3O2. The first-order valence-corrected chi connectivity index (χ1v) is 5.88. The van der Waals surface area contributed by atoms with Crippen LogP contribution in [0.4, 0.5) is 4.79 Å². The zero-order chi connectivity index (χ0) is 13.5. The summed E-state index contributed by atoms with van der Waals surface area (Å²) in [5.74, 6) is -0.249. The van der Waals surface area contributed by atoms with Gasteiger partial charge in [-0.3, -0.25) is 4.79 Å².